The lowest BCUT2D eigenvalue weighted by atomic mass is 9.92. The second kappa shape index (κ2) is 8.74. The van der Waals surface area contributed by atoms with E-state index < -0.39 is 30.1 Å². The van der Waals surface area contributed by atoms with Gasteiger partial charge in [-0.2, -0.15) is 0 Å². The van der Waals surface area contributed by atoms with Crippen LogP contribution in [0.5, 0.6) is 5.75 Å². The third kappa shape index (κ3) is 4.18. The number of fused-ring (bicyclic) bond motifs is 1. The Balaban J connectivity index is 1.69. The molecule has 3 aromatic rings. The van der Waals surface area contributed by atoms with Crippen molar-refractivity contribution < 1.29 is 28.9 Å². The Labute approximate surface area is 181 Å². The zero-order valence-corrected chi connectivity index (χ0v) is 17.8. The molecule has 1 fully saturated rings. The summed E-state index contributed by atoms with van der Waals surface area (Å²) in [6.45, 7) is 1.78. The van der Waals surface area contributed by atoms with Crippen LogP contribution < -0.4 is 10.1 Å². The number of nitrogens with zero attached hydrogens (tertiary/aromatic N) is 2. The maximum atomic E-state index is 14.0. The van der Waals surface area contributed by atoms with E-state index >= 15 is 0 Å². The molecular formula is C21H22FN3O5S. The summed E-state index contributed by atoms with van der Waals surface area (Å²) in [4.78, 5) is 21.6. The standard InChI is InChI=1S/C21H22FN3O5S/c1-10-16-19(23-9-24-20(16)31-18(10)21(28)29-2)25-12-7-6-11(22)8-15(12)30-14-5-3-4-13(26)17(14)27/h6-9,13-14,17,26-27H,3-5H2,1-2H3,(H,23,24,25)/t13-,14-,17?/m1/s1. The first-order valence-electron chi connectivity index (χ1n) is 9.80. The molecule has 10 heteroatoms. The van der Waals surface area contributed by atoms with Gasteiger partial charge in [0.15, 0.2) is 0 Å². The minimum atomic E-state index is -1.06. The van der Waals surface area contributed by atoms with Gasteiger partial charge in [0.2, 0.25) is 0 Å². The maximum absolute atomic E-state index is 14.0. The van der Waals surface area contributed by atoms with Gasteiger partial charge in [0, 0.05) is 6.07 Å². The smallest absolute Gasteiger partial charge is 0.348 e. The molecule has 1 unspecified atom stereocenters. The number of halogens is 1. The lowest BCUT2D eigenvalue weighted by Crippen LogP contribution is -2.44. The Morgan fingerprint density at radius 1 is 1.29 bits per heavy atom. The quantitative estimate of drug-likeness (QED) is 0.511. The van der Waals surface area contributed by atoms with E-state index in [0.29, 0.717) is 51.4 Å². The Bertz CT molecular complexity index is 1120. The molecule has 2 heterocycles. The zero-order valence-electron chi connectivity index (χ0n) is 17.0. The molecule has 164 valence electrons. The van der Waals surface area contributed by atoms with Crippen LogP contribution in [-0.4, -0.2) is 51.6 Å². The lowest BCUT2D eigenvalue weighted by Gasteiger charge is -2.32. The second-order valence-corrected chi connectivity index (χ2v) is 8.36. The Kier molecular flexibility index (Phi) is 6.03. The molecule has 0 radical (unpaired) electrons. The van der Waals surface area contributed by atoms with Gasteiger partial charge in [-0.3, -0.25) is 0 Å². The summed E-state index contributed by atoms with van der Waals surface area (Å²) < 4.78 is 24.7. The predicted molar refractivity (Wildman–Crippen MR) is 113 cm³/mol. The summed E-state index contributed by atoms with van der Waals surface area (Å²) in [5, 5.41) is 24.0. The molecule has 0 amide bonds. The third-order valence-electron chi connectivity index (χ3n) is 5.34. The van der Waals surface area contributed by atoms with Crippen LogP contribution in [0.2, 0.25) is 0 Å². The number of carbonyl (C=O) groups excluding carboxylic acids is 1. The highest BCUT2D eigenvalue weighted by Gasteiger charge is 2.32. The van der Waals surface area contributed by atoms with Crippen molar-refractivity contribution in [3.63, 3.8) is 0 Å². The van der Waals surface area contributed by atoms with E-state index in [1.165, 1.54) is 43.0 Å². The number of aliphatic hydroxyl groups excluding tert-OH is 2. The number of nitrogens with one attached hydrogen (secondary N) is 1. The minimum absolute atomic E-state index is 0.186. The average molecular weight is 447 g/mol. The Hall–Kier alpha value is -2.82. The number of ether oxygens (including phenoxy) is 2. The second-order valence-electron chi connectivity index (χ2n) is 7.36. The fourth-order valence-electron chi connectivity index (χ4n) is 3.69. The van der Waals surface area contributed by atoms with Crippen molar-refractivity contribution >= 4 is 39.0 Å². The van der Waals surface area contributed by atoms with Gasteiger partial charge in [-0.05, 0) is 43.9 Å². The molecule has 0 spiro atoms. The normalized spacial score (nSPS) is 21.1. The topological polar surface area (TPSA) is 114 Å². The molecule has 2 aromatic heterocycles. The Morgan fingerprint density at radius 3 is 2.87 bits per heavy atom. The van der Waals surface area contributed by atoms with Crippen molar-refractivity contribution in [3.05, 3.63) is 40.8 Å². The molecule has 1 aliphatic rings. The number of esters is 1. The molecular weight excluding hydrogens is 425 g/mol. The number of hydrogen-bond donors (Lipinski definition) is 3. The summed E-state index contributed by atoms with van der Waals surface area (Å²) >= 11 is 1.20. The van der Waals surface area contributed by atoms with Gasteiger partial charge in [0.1, 0.15) is 45.6 Å². The zero-order chi connectivity index (χ0) is 22.1. The average Bonchev–Trinajstić information content (AvgIpc) is 3.10. The molecule has 3 atom stereocenters. The van der Waals surface area contributed by atoms with Gasteiger partial charge < -0.3 is 25.0 Å². The highest BCUT2D eigenvalue weighted by Crippen LogP contribution is 2.37. The molecule has 4 rings (SSSR count). The van der Waals surface area contributed by atoms with Gasteiger partial charge in [-0.15, -0.1) is 11.3 Å². The Morgan fingerprint density at radius 2 is 2.10 bits per heavy atom. The van der Waals surface area contributed by atoms with E-state index in [1.54, 1.807) is 6.92 Å². The fourth-order valence-corrected chi connectivity index (χ4v) is 4.75. The highest BCUT2D eigenvalue weighted by molar-refractivity contribution is 7.20. The summed E-state index contributed by atoms with van der Waals surface area (Å²) in [7, 11) is 1.32. The van der Waals surface area contributed by atoms with Crippen molar-refractivity contribution in [2.75, 3.05) is 12.4 Å². The fraction of sp³-hybridized carbons (Fsp3) is 0.381. The van der Waals surface area contributed by atoms with Gasteiger partial charge >= 0.3 is 5.97 Å². The molecule has 31 heavy (non-hydrogen) atoms. The summed E-state index contributed by atoms with van der Waals surface area (Å²) in [5.74, 6) is -0.346. The molecule has 1 aliphatic carbocycles. The summed E-state index contributed by atoms with van der Waals surface area (Å²) in [6, 6.07) is 4.00. The number of aromatic nitrogens is 2. The minimum Gasteiger partial charge on any atom is -0.485 e. The van der Waals surface area contributed by atoms with Crippen LogP contribution in [0.4, 0.5) is 15.9 Å². The van der Waals surface area contributed by atoms with E-state index in [2.05, 4.69) is 15.3 Å². The molecule has 1 saturated carbocycles. The number of anilines is 2. The van der Waals surface area contributed by atoms with Crippen LogP contribution >= 0.6 is 11.3 Å². The van der Waals surface area contributed by atoms with Crippen LogP contribution in [0.25, 0.3) is 10.2 Å². The third-order valence-corrected chi connectivity index (χ3v) is 6.52. The monoisotopic (exact) mass is 447 g/mol. The number of aryl methyl sites for hydroxylation is 1. The lowest BCUT2D eigenvalue weighted by molar-refractivity contribution is -0.0743. The molecule has 1 aromatic carbocycles. The van der Waals surface area contributed by atoms with Crippen LogP contribution in [0, 0.1) is 12.7 Å². The first kappa shape index (κ1) is 21.4. The van der Waals surface area contributed by atoms with Gasteiger partial charge in [-0.1, -0.05) is 0 Å². The van der Waals surface area contributed by atoms with Crippen LogP contribution in [-0.2, 0) is 4.74 Å². The number of aliphatic hydroxyl groups is 2. The van der Waals surface area contributed by atoms with E-state index in [-0.39, 0.29) is 5.75 Å². The SMILES string of the molecule is COC(=O)c1sc2ncnc(Nc3ccc(F)cc3O[C@@H]3CCC[C@@H](O)C3O)c2c1C. The van der Waals surface area contributed by atoms with Gasteiger partial charge in [-0.25, -0.2) is 19.2 Å². The predicted octanol–water partition coefficient (Wildman–Crippen LogP) is 3.32. The molecule has 3 N–H and O–H groups in total. The molecule has 8 nitrogen and oxygen atoms in total. The van der Waals surface area contributed by atoms with E-state index in [9.17, 15) is 19.4 Å². The van der Waals surface area contributed by atoms with Crippen molar-refractivity contribution in [1.29, 1.82) is 0 Å². The number of thiophene rings is 1. The van der Waals surface area contributed by atoms with Gasteiger partial charge in [0.25, 0.3) is 0 Å². The first-order chi connectivity index (χ1) is 14.9. The summed E-state index contributed by atoms with van der Waals surface area (Å²) in [5.41, 5.74) is 1.10. The van der Waals surface area contributed by atoms with Crippen LogP contribution in [0.1, 0.15) is 34.5 Å². The van der Waals surface area contributed by atoms with Crippen molar-refractivity contribution in [2.24, 2.45) is 0 Å². The van der Waals surface area contributed by atoms with E-state index in [1.807, 2.05) is 0 Å². The highest BCUT2D eigenvalue weighted by atomic mass is 32.1. The van der Waals surface area contributed by atoms with Gasteiger partial charge in [0.05, 0.1) is 24.3 Å². The number of hydrogen-bond acceptors (Lipinski definition) is 9. The molecule has 0 bridgehead atoms. The number of benzene rings is 1. The van der Waals surface area contributed by atoms with Crippen LogP contribution in [0.15, 0.2) is 24.5 Å². The van der Waals surface area contributed by atoms with E-state index in [0.717, 1.165) is 0 Å². The largest absolute Gasteiger partial charge is 0.485 e. The van der Waals surface area contributed by atoms with Crippen LogP contribution in [0.3, 0.4) is 0 Å². The van der Waals surface area contributed by atoms with Crippen molar-refractivity contribution in [1.82, 2.24) is 9.97 Å². The molecule has 0 saturated heterocycles. The van der Waals surface area contributed by atoms with Crippen molar-refractivity contribution in [2.45, 2.75) is 44.5 Å². The van der Waals surface area contributed by atoms with E-state index in [4.69, 9.17) is 9.47 Å². The number of methoxy groups -OCH3 is 1. The molecule has 0 aliphatic heterocycles. The maximum Gasteiger partial charge on any atom is 0.348 e. The number of rotatable bonds is 5. The number of carbonyl (C=O) groups is 1. The summed E-state index contributed by atoms with van der Waals surface area (Å²) in [6.07, 6.45) is 0.495. The first-order valence-corrected chi connectivity index (χ1v) is 10.6. The van der Waals surface area contributed by atoms with Crippen molar-refractivity contribution in [3.8, 4) is 5.75 Å².